The molecule has 2 atom stereocenters. The average molecular weight is 354 g/mol. The van der Waals surface area contributed by atoms with E-state index in [2.05, 4.69) is 34.7 Å². The summed E-state index contributed by atoms with van der Waals surface area (Å²) >= 11 is 6.13. The maximum absolute atomic E-state index is 12.3. The summed E-state index contributed by atoms with van der Waals surface area (Å²) in [5.74, 6) is 0.00699. The molecule has 0 saturated heterocycles. The zero-order valence-electron chi connectivity index (χ0n) is 14.2. The van der Waals surface area contributed by atoms with Gasteiger partial charge >= 0.3 is 0 Å². The molecule has 0 bridgehead atoms. The second-order valence-corrected chi connectivity index (χ2v) is 6.97. The van der Waals surface area contributed by atoms with Gasteiger partial charge in [0.2, 0.25) is 5.91 Å². The zero-order valence-corrected chi connectivity index (χ0v) is 14.9. The number of nitrogens with one attached hydrogen (secondary N) is 3. The molecule has 3 N–H and O–H groups in total. The number of carbonyl (C=O) groups is 1. The van der Waals surface area contributed by atoms with E-state index in [1.165, 1.54) is 10.9 Å². The molecule has 0 fully saturated rings. The van der Waals surface area contributed by atoms with Crippen LogP contribution in [0.4, 0.5) is 0 Å². The highest BCUT2D eigenvalue weighted by molar-refractivity contribution is 6.30. The van der Waals surface area contributed by atoms with Gasteiger partial charge in [0.1, 0.15) is 0 Å². The highest BCUT2D eigenvalue weighted by atomic mass is 35.5. The summed E-state index contributed by atoms with van der Waals surface area (Å²) in [4.78, 5) is 15.9. The number of aromatic nitrogens is 1. The van der Waals surface area contributed by atoms with E-state index in [-0.39, 0.29) is 18.0 Å². The van der Waals surface area contributed by atoms with Gasteiger partial charge in [-0.3, -0.25) is 10.1 Å². The second-order valence-electron chi connectivity index (χ2n) is 6.53. The molecule has 1 aliphatic rings. The van der Waals surface area contributed by atoms with E-state index in [0.717, 1.165) is 27.4 Å². The van der Waals surface area contributed by atoms with Crippen molar-refractivity contribution < 1.29 is 4.79 Å². The third-order valence-electron chi connectivity index (χ3n) is 5.02. The number of benzene rings is 2. The van der Waals surface area contributed by atoms with Crippen molar-refractivity contribution in [1.82, 2.24) is 15.6 Å². The van der Waals surface area contributed by atoms with Crippen molar-refractivity contribution in [1.29, 1.82) is 0 Å². The van der Waals surface area contributed by atoms with E-state index < -0.39 is 0 Å². The van der Waals surface area contributed by atoms with Crippen molar-refractivity contribution in [2.24, 2.45) is 0 Å². The van der Waals surface area contributed by atoms with Crippen LogP contribution < -0.4 is 10.6 Å². The van der Waals surface area contributed by atoms with Crippen LogP contribution in [-0.2, 0) is 11.2 Å². The van der Waals surface area contributed by atoms with E-state index in [0.29, 0.717) is 6.42 Å². The largest absolute Gasteiger partial charge is 0.358 e. The molecule has 128 valence electrons. The Morgan fingerprint density at radius 1 is 1.24 bits per heavy atom. The quantitative estimate of drug-likeness (QED) is 0.660. The van der Waals surface area contributed by atoms with Crippen molar-refractivity contribution in [3.8, 4) is 0 Å². The third kappa shape index (κ3) is 2.71. The number of hydrogen-bond donors (Lipinski definition) is 3. The van der Waals surface area contributed by atoms with Crippen molar-refractivity contribution >= 4 is 28.4 Å². The molecule has 1 aliphatic heterocycles. The number of likely N-dealkylation sites (N-methyl/N-ethyl adjacent to an activating group) is 1. The van der Waals surface area contributed by atoms with Gasteiger partial charge in [-0.25, -0.2) is 0 Å². The fourth-order valence-electron chi connectivity index (χ4n) is 3.79. The molecule has 1 amide bonds. The minimum absolute atomic E-state index is 0.00699. The van der Waals surface area contributed by atoms with Gasteiger partial charge in [0.25, 0.3) is 0 Å². The Kier molecular flexibility index (Phi) is 4.02. The summed E-state index contributed by atoms with van der Waals surface area (Å²) < 4.78 is 0. The molecule has 1 aromatic heterocycles. The maximum atomic E-state index is 12.3. The number of H-pyrrole nitrogens is 1. The third-order valence-corrected chi connectivity index (χ3v) is 5.25. The molecule has 0 unspecified atom stereocenters. The molecule has 4 nitrogen and oxygen atoms in total. The van der Waals surface area contributed by atoms with Crippen molar-refractivity contribution in [2.45, 2.75) is 25.4 Å². The summed E-state index contributed by atoms with van der Waals surface area (Å²) in [7, 11) is 1.68. The normalized spacial score (nSPS) is 19.6. The first-order chi connectivity index (χ1) is 12.1. The summed E-state index contributed by atoms with van der Waals surface area (Å²) in [5.41, 5.74) is 5.68. The van der Waals surface area contributed by atoms with Gasteiger partial charge in [0, 0.05) is 28.7 Å². The average Bonchev–Trinajstić information content (AvgIpc) is 2.99. The Bertz CT molecular complexity index is 963. The van der Waals surface area contributed by atoms with E-state index in [4.69, 9.17) is 11.6 Å². The van der Waals surface area contributed by atoms with E-state index in [1.54, 1.807) is 7.05 Å². The Hall–Kier alpha value is -2.30. The van der Waals surface area contributed by atoms with Crippen molar-refractivity contribution in [3.05, 3.63) is 69.9 Å². The highest BCUT2D eigenvalue weighted by Gasteiger charge is 2.34. The fourth-order valence-corrected chi connectivity index (χ4v) is 4.01. The van der Waals surface area contributed by atoms with Crippen molar-refractivity contribution in [2.75, 3.05) is 7.05 Å². The van der Waals surface area contributed by atoms with Gasteiger partial charge in [-0.2, -0.15) is 0 Å². The van der Waals surface area contributed by atoms with E-state index in [1.807, 2.05) is 30.3 Å². The number of hydrogen-bond acceptors (Lipinski definition) is 2. The van der Waals surface area contributed by atoms with Crippen LogP contribution in [0.3, 0.4) is 0 Å². The predicted octanol–water partition coefficient (Wildman–Crippen LogP) is 3.48. The molecule has 0 saturated carbocycles. The molecule has 25 heavy (non-hydrogen) atoms. The number of aromatic amines is 1. The summed E-state index contributed by atoms with van der Waals surface area (Å²) in [6.45, 7) is 2.05. The Balaban J connectivity index is 1.90. The van der Waals surface area contributed by atoms with Crippen LogP contribution >= 0.6 is 11.6 Å². The van der Waals surface area contributed by atoms with E-state index >= 15 is 0 Å². The molecule has 3 aromatic rings. The number of para-hydroxylation sites is 1. The van der Waals surface area contributed by atoms with Crippen LogP contribution in [0, 0.1) is 6.92 Å². The Morgan fingerprint density at radius 2 is 2.04 bits per heavy atom. The van der Waals surface area contributed by atoms with Crippen LogP contribution in [0.1, 0.15) is 28.4 Å². The first kappa shape index (κ1) is 16.2. The number of aryl methyl sites for hydroxylation is 1. The minimum Gasteiger partial charge on any atom is -0.358 e. The van der Waals surface area contributed by atoms with Crippen LogP contribution in [0.2, 0.25) is 5.02 Å². The molecule has 5 heteroatoms. The lowest BCUT2D eigenvalue weighted by Crippen LogP contribution is -2.49. The summed E-state index contributed by atoms with van der Waals surface area (Å²) in [6.07, 6.45) is 0.669. The van der Waals surface area contributed by atoms with Crippen LogP contribution in [0.25, 0.3) is 10.9 Å². The molecule has 0 aliphatic carbocycles. The number of amides is 1. The number of carbonyl (C=O) groups excluding carboxylic acids is 1. The lowest BCUT2D eigenvalue weighted by molar-refractivity contribution is -0.122. The maximum Gasteiger partial charge on any atom is 0.237 e. The Labute approximate surface area is 151 Å². The van der Waals surface area contributed by atoms with Gasteiger partial charge in [0.15, 0.2) is 0 Å². The van der Waals surface area contributed by atoms with Crippen LogP contribution in [-0.4, -0.2) is 24.0 Å². The first-order valence-electron chi connectivity index (χ1n) is 8.41. The topological polar surface area (TPSA) is 56.9 Å². The van der Waals surface area contributed by atoms with Crippen LogP contribution in [0.5, 0.6) is 0 Å². The summed E-state index contributed by atoms with van der Waals surface area (Å²) in [6, 6.07) is 13.8. The SMILES string of the molecule is CNC(=O)[C@@H]1Cc2c([nH]c3ccccc23)[C@@H](c2ccc(Cl)cc2C)N1. The molecule has 2 heterocycles. The standard InChI is InChI=1S/C20H20ClN3O/c1-11-9-12(21)7-8-13(11)18-19-15(10-17(24-18)20(25)22-2)14-5-3-4-6-16(14)23-19/h3-9,17-18,23-24H,10H2,1-2H3,(H,22,25)/t17-,18+/m0/s1. The lowest BCUT2D eigenvalue weighted by Gasteiger charge is -2.31. The number of halogens is 1. The first-order valence-corrected chi connectivity index (χ1v) is 8.79. The zero-order chi connectivity index (χ0) is 17.6. The van der Waals surface area contributed by atoms with Gasteiger partial charge in [-0.05, 0) is 48.2 Å². The number of fused-ring (bicyclic) bond motifs is 3. The molecule has 0 spiro atoms. The Morgan fingerprint density at radius 3 is 2.80 bits per heavy atom. The fraction of sp³-hybridized carbons (Fsp3) is 0.250. The van der Waals surface area contributed by atoms with Gasteiger partial charge < -0.3 is 10.3 Å². The minimum atomic E-state index is -0.267. The summed E-state index contributed by atoms with van der Waals surface area (Å²) in [5, 5.41) is 8.18. The van der Waals surface area contributed by atoms with Gasteiger partial charge in [-0.1, -0.05) is 35.9 Å². The monoisotopic (exact) mass is 353 g/mol. The molecule has 2 aromatic carbocycles. The molecule has 4 rings (SSSR count). The number of rotatable bonds is 2. The van der Waals surface area contributed by atoms with Gasteiger partial charge in [0.05, 0.1) is 12.1 Å². The van der Waals surface area contributed by atoms with Crippen molar-refractivity contribution in [3.63, 3.8) is 0 Å². The van der Waals surface area contributed by atoms with Crippen LogP contribution in [0.15, 0.2) is 42.5 Å². The van der Waals surface area contributed by atoms with Gasteiger partial charge in [-0.15, -0.1) is 0 Å². The molecular weight excluding hydrogens is 334 g/mol. The lowest BCUT2D eigenvalue weighted by atomic mass is 9.88. The second kappa shape index (κ2) is 6.21. The smallest absolute Gasteiger partial charge is 0.237 e. The van der Waals surface area contributed by atoms with E-state index in [9.17, 15) is 4.79 Å². The molecular formula is C20H20ClN3O. The predicted molar refractivity (Wildman–Crippen MR) is 101 cm³/mol. The molecule has 0 radical (unpaired) electrons. The highest BCUT2D eigenvalue weighted by Crippen LogP contribution is 2.36.